The first-order valence-corrected chi connectivity index (χ1v) is 4.81. The highest BCUT2D eigenvalue weighted by atomic mass is 16.6. The highest BCUT2D eigenvalue weighted by Gasteiger charge is 2.15. The molecule has 0 unspecified atom stereocenters. The van der Waals surface area contributed by atoms with Crippen LogP contribution in [-0.2, 0) is 4.79 Å². The Hall–Kier alpha value is -2.88. The van der Waals surface area contributed by atoms with Crippen LogP contribution in [0.15, 0.2) is 29.8 Å². The maximum Gasteiger partial charge on any atom is 0.348 e. The van der Waals surface area contributed by atoms with E-state index in [9.17, 15) is 14.9 Å². The minimum Gasteiger partial charge on any atom is -0.477 e. The summed E-state index contributed by atoms with van der Waals surface area (Å²) in [6.45, 7) is 0. The van der Waals surface area contributed by atoms with Gasteiger partial charge in [0.05, 0.1) is 10.6 Å². The molecule has 0 saturated carbocycles. The first kappa shape index (κ1) is 13.2. The molecular formula is C11H9N3O4. The summed E-state index contributed by atoms with van der Waals surface area (Å²) in [4.78, 5) is 20.8. The lowest BCUT2D eigenvalue weighted by atomic mass is 10.1. The van der Waals surface area contributed by atoms with E-state index in [0.29, 0.717) is 5.56 Å². The number of hydrogen-bond donors (Lipinski definition) is 2. The van der Waals surface area contributed by atoms with E-state index in [0.717, 1.165) is 0 Å². The van der Waals surface area contributed by atoms with Gasteiger partial charge in [-0.25, -0.2) is 4.79 Å². The second-order valence-electron chi connectivity index (χ2n) is 3.22. The van der Waals surface area contributed by atoms with Crippen molar-refractivity contribution in [1.29, 1.82) is 5.26 Å². The number of carbonyl (C=O) groups is 1. The number of hydrogen-bond acceptors (Lipinski definition) is 5. The third-order valence-corrected chi connectivity index (χ3v) is 2.19. The van der Waals surface area contributed by atoms with Crippen molar-refractivity contribution in [2.45, 2.75) is 0 Å². The molecule has 0 aliphatic rings. The van der Waals surface area contributed by atoms with Crippen molar-refractivity contribution in [3.63, 3.8) is 0 Å². The molecule has 1 aromatic rings. The van der Waals surface area contributed by atoms with Gasteiger partial charge < -0.3 is 10.4 Å². The number of aliphatic carboxylic acids is 1. The number of benzene rings is 1. The number of nitrogens with one attached hydrogen (secondary N) is 1. The number of rotatable bonds is 4. The third kappa shape index (κ3) is 2.62. The summed E-state index contributed by atoms with van der Waals surface area (Å²) in [5.74, 6) is -1.36. The molecule has 0 heterocycles. The minimum atomic E-state index is -1.36. The predicted molar refractivity (Wildman–Crippen MR) is 62.3 cm³/mol. The first-order chi connectivity index (χ1) is 8.51. The van der Waals surface area contributed by atoms with Crippen LogP contribution in [0.2, 0.25) is 0 Å². The number of carboxylic acid groups (broad SMARTS) is 1. The Bertz CT molecular complexity index is 555. The molecule has 7 nitrogen and oxygen atoms in total. The smallest absolute Gasteiger partial charge is 0.348 e. The van der Waals surface area contributed by atoms with Crippen LogP contribution in [0.1, 0.15) is 5.56 Å². The van der Waals surface area contributed by atoms with Crippen LogP contribution >= 0.6 is 0 Å². The Kier molecular flexibility index (Phi) is 3.99. The van der Waals surface area contributed by atoms with Crippen molar-refractivity contribution >= 4 is 17.4 Å². The fraction of sp³-hybridized carbons (Fsp3) is 0.0909. The standard InChI is InChI=1S/C11H9N3O4/c1-13-10(9(6-12)11(15)16)7-2-4-8(5-3-7)14(17)18/h2-5,13H,1H3,(H,15,16)/b10-9-. The van der Waals surface area contributed by atoms with Crippen LogP contribution < -0.4 is 5.32 Å². The SMILES string of the molecule is CN/C(=C(/C#N)C(=O)O)c1ccc([N+](=O)[O-])cc1. The van der Waals surface area contributed by atoms with Gasteiger partial charge in [-0.15, -0.1) is 0 Å². The van der Waals surface area contributed by atoms with Crippen LogP contribution in [-0.4, -0.2) is 23.0 Å². The average Bonchev–Trinajstić information content (AvgIpc) is 2.35. The van der Waals surface area contributed by atoms with E-state index in [1.54, 1.807) is 6.07 Å². The molecule has 18 heavy (non-hydrogen) atoms. The molecule has 1 aromatic carbocycles. The molecule has 0 saturated heterocycles. The molecule has 2 N–H and O–H groups in total. The summed E-state index contributed by atoms with van der Waals surface area (Å²) in [5, 5.41) is 30.7. The van der Waals surface area contributed by atoms with Gasteiger partial charge in [0.25, 0.3) is 5.69 Å². The lowest BCUT2D eigenvalue weighted by molar-refractivity contribution is -0.384. The molecule has 0 radical (unpaired) electrons. The van der Waals surface area contributed by atoms with Crippen LogP contribution in [0.4, 0.5) is 5.69 Å². The zero-order valence-electron chi connectivity index (χ0n) is 9.38. The van der Waals surface area contributed by atoms with E-state index in [-0.39, 0.29) is 11.4 Å². The summed E-state index contributed by atoms with van der Waals surface area (Å²) in [6.07, 6.45) is 0. The van der Waals surface area contributed by atoms with Gasteiger partial charge in [-0.2, -0.15) is 5.26 Å². The highest BCUT2D eigenvalue weighted by Crippen LogP contribution is 2.19. The Morgan fingerprint density at radius 2 is 2.00 bits per heavy atom. The van der Waals surface area contributed by atoms with E-state index < -0.39 is 16.5 Å². The molecule has 7 heteroatoms. The second-order valence-corrected chi connectivity index (χ2v) is 3.22. The maximum absolute atomic E-state index is 10.9. The Labute approximate surface area is 102 Å². The molecule has 0 atom stereocenters. The Morgan fingerprint density at radius 1 is 1.44 bits per heavy atom. The maximum atomic E-state index is 10.9. The zero-order valence-corrected chi connectivity index (χ0v) is 9.38. The molecule has 0 aliphatic heterocycles. The number of nitrogens with zero attached hydrogens (tertiary/aromatic N) is 2. The minimum absolute atomic E-state index is 0.108. The summed E-state index contributed by atoms with van der Waals surface area (Å²) >= 11 is 0. The van der Waals surface area contributed by atoms with E-state index in [2.05, 4.69) is 5.32 Å². The number of non-ortho nitro benzene ring substituents is 1. The molecule has 0 fully saturated rings. The molecule has 0 aromatic heterocycles. The normalized spacial score (nSPS) is 11.1. The van der Waals surface area contributed by atoms with Gasteiger partial charge in [0.2, 0.25) is 0 Å². The molecule has 0 spiro atoms. The number of nitriles is 1. The third-order valence-electron chi connectivity index (χ3n) is 2.19. The van der Waals surface area contributed by atoms with E-state index in [4.69, 9.17) is 10.4 Å². The van der Waals surface area contributed by atoms with Gasteiger partial charge >= 0.3 is 5.97 Å². The van der Waals surface area contributed by atoms with E-state index in [1.807, 2.05) is 0 Å². The predicted octanol–water partition coefficient (Wildman–Crippen LogP) is 1.13. The number of nitro benzene ring substituents is 1. The van der Waals surface area contributed by atoms with Crippen LogP contribution in [0.25, 0.3) is 5.70 Å². The van der Waals surface area contributed by atoms with Crippen LogP contribution in [0.3, 0.4) is 0 Å². The topological polar surface area (TPSA) is 116 Å². The van der Waals surface area contributed by atoms with Gasteiger partial charge in [-0.05, 0) is 17.7 Å². The summed E-state index contributed by atoms with van der Waals surface area (Å²) in [6, 6.07) is 6.81. The van der Waals surface area contributed by atoms with Crippen LogP contribution in [0.5, 0.6) is 0 Å². The molecule has 0 bridgehead atoms. The van der Waals surface area contributed by atoms with Gasteiger partial charge in [0, 0.05) is 19.2 Å². The fourth-order valence-corrected chi connectivity index (χ4v) is 1.37. The second kappa shape index (κ2) is 5.45. The zero-order chi connectivity index (χ0) is 13.7. The lowest BCUT2D eigenvalue weighted by Crippen LogP contribution is -2.12. The largest absolute Gasteiger partial charge is 0.477 e. The van der Waals surface area contributed by atoms with E-state index in [1.165, 1.54) is 31.3 Å². The van der Waals surface area contributed by atoms with Crippen molar-refractivity contribution in [2.24, 2.45) is 0 Å². The fourth-order valence-electron chi connectivity index (χ4n) is 1.37. The van der Waals surface area contributed by atoms with Crippen LogP contribution in [0, 0.1) is 21.4 Å². The van der Waals surface area contributed by atoms with Gasteiger partial charge in [-0.3, -0.25) is 10.1 Å². The molecule has 0 amide bonds. The number of nitro groups is 1. The van der Waals surface area contributed by atoms with E-state index >= 15 is 0 Å². The molecule has 92 valence electrons. The Balaban J connectivity index is 3.30. The molecule has 0 aliphatic carbocycles. The summed E-state index contributed by atoms with van der Waals surface area (Å²) in [5.41, 5.74) is -0.0589. The lowest BCUT2D eigenvalue weighted by Gasteiger charge is -2.07. The molecule has 1 rings (SSSR count). The first-order valence-electron chi connectivity index (χ1n) is 4.81. The molecular weight excluding hydrogens is 238 g/mol. The number of carboxylic acids is 1. The van der Waals surface area contributed by atoms with Crippen molar-refractivity contribution in [1.82, 2.24) is 5.32 Å². The summed E-state index contributed by atoms with van der Waals surface area (Å²) < 4.78 is 0. The van der Waals surface area contributed by atoms with Gasteiger partial charge in [0.1, 0.15) is 6.07 Å². The average molecular weight is 247 g/mol. The van der Waals surface area contributed by atoms with Crippen molar-refractivity contribution in [3.8, 4) is 6.07 Å². The highest BCUT2D eigenvalue weighted by molar-refractivity contribution is 6.00. The summed E-state index contributed by atoms with van der Waals surface area (Å²) in [7, 11) is 1.47. The Morgan fingerprint density at radius 3 is 2.33 bits per heavy atom. The quantitative estimate of drug-likeness (QED) is 0.356. The van der Waals surface area contributed by atoms with Gasteiger partial charge in [-0.1, -0.05) is 0 Å². The van der Waals surface area contributed by atoms with Crippen molar-refractivity contribution < 1.29 is 14.8 Å². The van der Waals surface area contributed by atoms with Crippen molar-refractivity contribution in [2.75, 3.05) is 7.05 Å². The van der Waals surface area contributed by atoms with Gasteiger partial charge in [0.15, 0.2) is 5.57 Å². The van der Waals surface area contributed by atoms with Crippen molar-refractivity contribution in [3.05, 3.63) is 45.5 Å². The monoisotopic (exact) mass is 247 g/mol.